The highest BCUT2D eigenvalue weighted by Gasteiger charge is 2.75. The van der Waals surface area contributed by atoms with Crippen molar-refractivity contribution in [3.8, 4) is 0 Å². The predicted molar refractivity (Wildman–Crippen MR) is 104 cm³/mol. The number of ether oxygens (including phenoxy) is 2. The molecule has 1 saturated heterocycles. The molecule has 2 saturated carbocycles. The highest BCUT2D eigenvalue weighted by Crippen LogP contribution is 2.63. The van der Waals surface area contributed by atoms with Crippen LogP contribution >= 0.6 is 0 Å². The third-order valence-corrected chi connectivity index (χ3v) is 7.97. The van der Waals surface area contributed by atoms with Gasteiger partial charge in [-0.15, -0.1) is 0 Å². The maximum atomic E-state index is 14.8. The average Bonchev–Trinajstić information content (AvgIpc) is 3.44. The molecular formula is C22H18F6O5S. The lowest BCUT2D eigenvalue weighted by molar-refractivity contribution is -0.212. The van der Waals surface area contributed by atoms with Gasteiger partial charge in [-0.25, -0.2) is 8.78 Å². The highest BCUT2D eigenvalue weighted by atomic mass is 32.2. The van der Waals surface area contributed by atoms with Gasteiger partial charge in [-0.05, 0) is 48.9 Å². The Morgan fingerprint density at radius 1 is 0.882 bits per heavy atom. The van der Waals surface area contributed by atoms with Crippen molar-refractivity contribution in [1.29, 1.82) is 0 Å². The van der Waals surface area contributed by atoms with Crippen LogP contribution in [-0.2, 0) is 25.4 Å². The maximum Gasteiger partial charge on any atom is 0.431 e. The zero-order valence-corrected chi connectivity index (χ0v) is 18.0. The van der Waals surface area contributed by atoms with E-state index in [1.54, 1.807) is 0 Å². The number of hydrogen-bond donors (Lipinski definition) is 1. The molecule has 0 aromatic heterocycles. The number of halogens is 6. The number of rotatable bonds is 5. The molecule has 34 heavy (non-hydrogen) atoms. The summed E-state index contributed by atoms with van der Waals surface area (Å²) >= 11 is 0. The first-order chi connectivity index (χ1) is 15.8. The molecule has 3 fully saturated rings. The molecule has 0 spiro atoms. The van der Waals surface area contributed by atoms with E-state index in [1.165, 1.54) is 24.3 Å². The standard InChI is InChI=1S/C22H18F6O5S/c23-14-5-1-3-12(9-14)20(13-4-2-6-15(24)10-13)32-18-11-7-16(19(18)33-20)17(8-11)21(25,26)22(27,28)34(29,30)31/h1-6,9-11,16-19H,7-8H2,(H,29,30,31). The number of alkyl halides is 4. The fraction of sp³-hybridized carbons (Fsp3) is 0.455. The van der Waals surface area contributed by atoms with Crippen molar-refractivity contribution in [2.45, 2.75) is 42.0 Å². The molecule has 5 rings (SSSR count). The minimum atomic E-state index is -6.39. The van der Waals surface area contributed by atoms with E-state index < -0.39 is 75.1 Å². The van der Waals surface area contributed by atoms with Crippen LogP contribution in [0.15, 0.2) is 48.5 Å². The van der Waals surface area contributed by atoms with Crippen molar-refractivity contribution in [2.75, 3.05) is 0 Å². The number of fused-ring (bicyclic) bond motifs is 5. The second kappa shape index (κ2) is 7.42. The van der Waals surface area contributed by atoms with Crippen molar-refractivity contribution in [3.63, 3.8) is 0 Å². The van der Waals surface area contributed by atoms with Crippen LogP contribution in [0.5, 0.6) is 0 Å². The summed E-state index contributed by atoms with van der Waals surface area (Å²) in [4.78, 5) is 0. The predicted octanol–water partition coefficient (Wildman–Crippen LogP) is 4.72. The Morgan fingerprint density at radius 3 is 1.91 bits per heavy atom. The van der Waals surface area contributed by atoms with E-state index >= 15 is 0 Å². The maximum absolute atomic E-state index is 14.8. The van der Waals surface area contributed by atoms with Gasteiger partial charge in [0.1, 0.15) is 11.6 Å². The van der Waals surface area contributed by atoms with Crippen LogP contribution in [0.2, 0.25) is 0 Å². The summed E-state index contributed by atoms with van der Waals surface area (Å²) in [5, 5.41) is -5.70. The Kier molecular flexibility index (Phi) is 5.15. The summed E-state index contributed by atoms with van der Waals surface area (Å²) < 4.78 is 129. The Labute approximate surface area is 190 Å². The number of hydrogen-bond acceptors (Lipinski definition) is 4. The quantitative estimate of drug-likeness (QED) is 0.468. The Balaban J connectivity index is 1.55. The van der Waals surface area contributed by atoms with Gasteiger partial charge < -0.3 is 9.47 Å². The molecule has 1 aliphatic heterocycles. The van der Waals surface area contributed by atoms with Crippen molar-refractivity contribution in [3.05, 3.63) is 71.3 Å². The largest absolute Gasteiger partial charge is 0.431 e. The Morgan fingerprint density at radius 2 is 1.41 bits per heavy atom. The van der Waals surface area contributed by atoms with Gasteiger partial charge in [0, 0.05) is 17.0 Å². The molecule has 3 aliphatic rings. The zero-order chi connectivity index (χ0) is 24.7. The molecule has 0 radical (unpaired) electrons. The van der Waals surface area contributed by atoms with Crippen LogP contribution < -0.4 is 0 Å². The van der Waals surface area contributed by atoms with Gasteiger partial charge in [0.15, 0.2) is 0 Å². The molecule has 5 atom stereocenters. The van der Waals surface area contributed by atoms with Crippen LogP contribution in [0.3, 0.4) is 0 Å². The van der Waals surface area contributed by atoms with Crippen LogP contribution in [0.4, 0.5) is 26.3 Å². The summed E-state index contributed by atoms with van der Waals surface area (Å²) in [6, 6.07) is 10.0. The lowest BCUT2D eigenvalue weighted by Gasteiger charge is -2.36. The second-order valence-corrected chi connectivity index (χ2v) is 10.4. The Bertz CT molecular complexity index is 1190. The van der Waals surface area contributed by atoms with Gasteiger partial charge in [0.05, 0.1) is 12.2 Å². The SMILES string of the molecule is O=S(=O)(O)C(F)(F)C(F)(F)C1CC2CC1C1OC(c3cccc(F)c3)(c3cccc(F)c3)OC21. The third-order valence-electron chi connectivity index (χ3n) is 7.05. The second-order valence-electron chi connectivity index (χ2n) is 8.92. The summed E-state index contributed by atoms with van der Waals surface area (Å²) in [6.07, 6.45) is -2.55. The van der Waals surface area contributed by atoms with Crippen LogP contribution in [0.1, 0.15) is 24.0 Å². The fourth-order valence-electron chi connectivity index (χ4n) is 5.61. The van der Waals surface area contributed by atoms with E-state index in [4.69, 9.17) is 14.0 Å². The molecule has 5 nitrogen and oxygen atoms in total. The van der Waals surface area contributed by atoms with Gasteiger partial charge >= 0.3 is 21.3 Å². The van der Waals surface area contributed by atoms with E-state index in [2.05, 4.69) is 0 Å². The first-order valence-corrected chi connectivity index (χ1v) is 11.8. The molecule has 2 aromatic carbocycles. The molecule has 2 bridgehead atoms. The van der Waals surface area contributed by atoms with Crippen LogP contribution in [0.25, 0.3) is 0 Å². The van der Waals surface area contributed by atoms with E-state index in [0.29, 0.717) is 0 Å². The van der Waals surface area contributed by atoms with E-state index in [9.17, 15) is 34.8 Å². The van der Waals surface area contributed by atoms with Gasteiger partial charge in [-0.1, -0.05) is 24.3 Å². The molecule has 184 valence electrons. The molecule has 12 heteroatoms. The normalized spacial score (nSPS) is 30.5. The minimum absolute atomic E-state index is 0.000468. The summed E-state index contributed by atoms with van der Waals surface area (Å²) in [5.41, 5.74) is 0.219. The van der Waals surface area contributed by atoms with Crippen molar-refractivity contribution in [2.24, 2.45) is 17.8 Å². The van der Waals surface area contributed by atoms with E-state index in [-0.39, 0.29) is 17.5 Å². The summed E-state index contributed by atoms with van der Waals surface area (Å²) in [5.74, 6) is -12.4. The van der Waals surface area contributed by atoms with Gasteiger partial charge in [-0.3, -0.25) is 4.55 Å². The molecule has 2 aromatic rings. The van der Waals surface area contributed by atoms with Crippen molar-refractivity contribution < 1.29 is 48.8 Å². The van der Waals surface area contributed by atoms with E-state index in [1.807, 2.05) is 0 Å². The van der Waals surface area contributed by atoms with Crippen molar-refractivity contribution in [1.82, 2.24) is 0 Å². The zero-order valence-electron chi connectivity index (χ0n) is 17.2. The van der Waals surface area contributed by atoms with Gasteiger partial charge in [-0.2, -0.15) is 26.0 Å². The molecule has 5 unspecified atom stereocenters. The lowest BCUT2D eigenvalue weighted by Crippen LogP contribution is -2.55. The highest BCUT2D eigenvalue weighted by molar-refractivity contribution is 7.87. The summed E-state index contributed by atoms with van der Waals surface area (Å²) in [7, 11) is -6.39. The molecule has 2 aliphatic carbocycles. The molecule has 1 heterocycles. The van der Waals surface area contributed by atoms with Crippen molar-refractivity contribution >= 4 is 10.1 Å². The first kappa shape index (κ1) is 23.6. The topological polar surface area (TPSA) is 72.8 Å². The molecule has 1 N–H and O–H groups in total. The average molecular weight is 508 g/mol. The van der Waals surface area contributed by atoms with Crippen LogP contribution in [-0.4, -0.2) is 36.4 Å². The monoisotopic (exact) mass is 508 g/mol. The van der Waals surface area contributed by atoms with Crippen LogP contribution in [0, 0.1) is 29.4 Å². The number of benzene rings is 2. The molecular weight excluding hydrogens is 490 g/mol. The smallest absolute Gasteiger partial charge is 0.336 e. The Hall–Kier alpha value is -2.15. The minimum Gasteiger partial charge on any atom is -0.336 e. The van der Waals surface area contributed by atoms with Gasteiger partial charge in [0.25, 0.3) is 0 Å². The van der Waals surface area contributed by atoms with Gasteiger partial charge in [0.2, 0.25) is 5.79 Å². The van der Waals surface area contributed by atoms with E-state index in [0.717, 1.165) is 24.3 Å². The summed E-state index contributed by atoms with van der Waals surface area (Å²) in [6.45, 7) is 0. The third kappa shape index (κ3) is 3.22. The first-order valence-electron chi connectivity index (χ1n) is 10.4. The fourth-order valence-corrected chi connectivity index (χ4v) is 6.11. The lowest BCUT2D eigenvalue weighted by atomic mass is 9.81. The molecule has 0 amide bonds.